The molecule has 7 heteroatoms. The highest BCUT2D eigenvalue weighted by Gasteiger charge is 2.45. The van der Waals surface area contributed by atoms with Crippen molar-refractivity contribution in [2.24, 2.45) is 0 Å². The van der Waals surface area contributed by atoms with Crippen molar-refractivity contribution in [3.63, 3.8) is 0 Å². The summed E-state index contributed by atoms with van der Waals surface area (Å²) >= 11 is 0. The maximum absolute atomic E-state index is 13.5. The van der Waals surface area contributed by atoms with Crippen LogP contribution in [0.4, 0.5) is 9.59 Å². The van der Waals surface area contributed by atoms with Crippen molar-refractivity contribution in [3.8, 4) is 0 Å². The van der Waals surface area contributed by atoms with E-state index in [-0.39, 0.29) is 18.1 Å². The molecule has 1 atom stereocenters. The minimum absolute atomic E-state index is 0.0507. The molecule has 0 bridgehead atoms. The Morgan fingerprint density at radius 2 is 1.57 bits per heavy atom. The van der Waals surface area contributed by atoms with E-state index in [0.29, 0.717) is 32.0 Å². The van der Waals surface area contributed by atoms with Gasteiger partial charge in [0.25, 0.3) is 0 Å². The number of carbonyl (C=O) groups excluding carboxylic acids is 1. The van der Waals surface area contributed by atoms with Gasteiger partial charge in [-0.05, 0) is 51.4 Å². The second kappa shape index (κ2) is 7.99. The van der Waals surface area contributed by atoms with Gasteiger partial charge in [-0.25, -0.2) is 9.59 Å². The molecule has 3 aliphatic heterocycles. The summed E-state index contributed by atoms with van der Waals surface area (Å²) in [5.74, 6) is 0. The Hall–Kier alpha value is -2.28. The number of urea groups is 1. The molecule has 3 heterocycles. The van der Waals surface area contributed by atoms with Crippen LogP contribution < -0.4 is 0 Å². The monoisotopic (exact) mass is 386 g/mol. The van der Waals surface area contributed by atoms with Crippen LogP contribution in [0.2, 0.25) is 0 Å². The number of carbonyl (C=O) groups is 2. The molecule has 7 nitrogen and oxygen atoms in total. The zero-order valence-corrected chi connectivity index (χ0v) is 16.5. The molecule has 0 aromatic heterocycles. The lowest BCUT2D eigenvalue weighted by atomic mass is 9.99. The Morgan fingerprint density at radius 3 is 2.18 bits per heavy atom. The molecule has 3 fully saturated rings. The largest absolute Gasteiger partial charge is 0.465 e. The Bertz CT molecular complexity index is 697. The predicted octanol–water partition coefficient (Wildman–Crippen LogP) is 2.70. The Morgan fingerprint density at radius 1 is 0.964 bits per heavy atom. The van der Waals surface area contributed by atoms with Crippen LogP contribution in [-0.4, -0.2) is 88.7 Å². The Kier molecular flexibility index (Phi) is 5.44. The molecule has 1 aromatic rings. The first-order valence-corrected chi connectivity index (χ1v) is 10.3. The second-order valence-electron chi connectivity index (χ2n) is 8.30. The SMILES string of the molecule is CN1CCC(N2C[C@@H](c3ccccc3)N(C3CCN(C(=O)O)CC3)C2=O)CC1. The van der Waals surface area contributed by atoms with Crippen molar-refractivity contribution in [3.05, 3.63) is 35.9 Å². The molecule has 3 amide bonds. The summed E-state index contributed by atoms with van der Waals surface area (Å²) in [7, 11) is 2.14. The van der Waals surface area contributed by atoms with Crippen molar-refractivity contribution < 1.29 is 14.7 Å². The fourth-order valence-electron chi connectivity index (χ4n) is 4.93. The third-order valence-electron chi connectivity index (χ3n) is 6.61. The zero-order chi connectivity index (χ0) is 19.7. The predicted molar refractivity (Wildman–Crippen MR) is 106 cm³/mol. The fraction of sp³-hybridized carbons (Fsp3) is 0.619. The van der Waals surface area contributed by atoms with Crippen LogP contribution in [0.1, 0.15) is 37.3 Å². The summed E-state index contributed by atoms with van der Waals surface area (Å²) in [4.78, 5) is 32.7. The highest BCUT2D eigenvalue weighted by molar-refractivity contribution is 5.78. The van der Waals surface area contributed by atoms with Crippen molar-refractivity contribution in [1.82, 2.24) is 19.6 Å². The van der Waals surface area contributed by atoms with Crippen molar-refractivity contribution in [2.45, 2.75) is 43.8 Å². The lowest BCUT2D eigenvalue weighted by molar-refractivity contribution is 0.0969. The van der Waals surface area contributed by atoms with Gasteiger partial charge in [-0.1, -0.05) is 30.3 Å². The van der Waals surface area contributed by atoms with E-state index in [0.717, 1.165) is 32.5 Å². The van der Waals surface area contributed by atoms with Crippen molar-refractivity contribution >= 4 is 12.1 Å². The van der Waals surface area contributed by atoms with Crippen molar-refractivity contribution in [2.75, 3.05) is 39.8 Å². The van der Waals surface area contributed by atoms with Gasteiger partial charge in [-0.3, -0.25) is 0 Å². The first-order valence-electron chi connectivity index (χ1n) is 10.3. The molecule has 4 rings (SSSR count). The lowest BCUT2D eigenvalue weighted by Crippen LogP contribution is -2.50. The highest BCUT2D eigenvalue weighted by Crippen LogP contribution is 2.37. The van der Waals surface area contributed by atoms with Crippen LogP contribution >= 0.6 is 0 Å². The average Bonchev–Trinajstić information content (AvgIpc) is 3.06. The molecule has 28 heavy (non-hydrogen) atoms. The number of benzene rings is 1. The van der Waals surface area contributed by atoms with E-state index in [1.165, 1.54) is 10.5 Å². The molecular formula is C21H30N4O3. The normalized spacial score (nSPS) is 25.5. The number of nitrogens with zero attached hydrogens (tertiary/aromatic N) is 4. The fourth-order valence-corrected chi connectivity index (χ4v) is 4.93. The van der Waals surface area contributed by atoms with Gasteiger partial charge >= 0.3 is 12.1 Å². The van der Waals surface area contributed by atoms with Gasteiger partial charge in [0, 0.05) is 31.7 Å². The van der Waals surface area contributed by atoms with E-state index in [1.54, 1.807) is 0 Å². The Labute approximate surface area is 166 Å². The van der Waals surface area contributed by atoms with Crippen LogP contribution in [-0.2, 0) is 0 Å². The molecule has 0 spiro atoms. The first-order chi connectivity index (χ1) is 13.5. The van der Waals surface area contributed by atoms with Gasteiger partial charge in [-0.2, -0.15) is 0 Å². The number of carboxylic acid groups (broad SMARTS) is 1. The molecular weight excluding hydrogens is 356 g/mol. The smallest absolute Gasteiger partial charge is 0.407 e. The number of amides is 3. The number of likely N-dealkylation sites (tertiary alicyclic amines) is 2. The maximum Gasteiger partial charge on any atom is 0.407 e. The second-order valence-corrected chi connectivity index (χ2v) is 8.30. The van der Waals surface area contributed by atoms with E-state index in [1.807, 2.05) is 18.2 Å². The number of rotatable bonds is 3. The molecule has 0 aliphatic carbocycles. The number of hydrogen-bond acceptors (Lipinski definition) is 3. The summed E-state index contributed by atoms with van der Waals surface area (Å²) in [5.41, 5.74) is 1.17. The topological polar surface area (TPSA) is 67.3 Å². The molecule has 1 N–H and O–H groups in total. The van der Waals surface area contributed by atoms with Gasteiger partial charge in [0.2, 0.25) is 0 Å². The molecule has 1 aromatic carbocycles. The standard InChI is InChI=1S/C21H30N4O3/c1-22-11-7-17(8-12-22)24-15-19(16-5-3-2-4-6-16)25(20(24)26)18-9-13-23(14-10-18)21(27)28/h2-6,17-19H,7-15H2,1H3,(H,27,28)/t19-/m0/s1. The summed E-state index contributed by atoms with van der Waals surface area (Å²) in [6.07, 6.45) is 2.61. The van der Waals surface area contributed by atoms with Gasteiger partial charge in [-0.15, -0.1) is 0 Å². The Balaban J connectivity index is 1.55. The van der Waals surface area contributed by atoms with E-state index in [2.05, 4.69) is 33.9 Å². The molecule has 3 saturated heterocycles. The molecule has 0 saturated carbocycles. The van der Waals surface area contributed by atoms with Gasteiger partial charge < -0.3 is 24.7 Å². The van der Waals surface area contributed by atoms with Crippen molar-refractivity contribution in [1.29, 1.82) is 0 Å². The summed E-state index contributed by atoms with van der Waals surface area (Å²) < 4.78 is 0. The summed E-state index contributed by atoms with van der Waals surface area (Å²) in [6, 6.07) is 10.9. The van der Waals surface area contributed by atoms with Gasteiger partial charge in [0.05, 0.1) is 6.04 Å². The lowest BCUT2D eigenvalue weighted by Gasteiger charge is -2.38. The van der Waals surface area contributed by atoms with E-state index >= 15 is 0 Å². The van der Waals surface area contributed by atoms with Crippen LogP contribution in [0.5, 0.6) is 0 Å². The number of hydrogen-bond donors (Lipinski definition) is 1. The highest BCUT2D eigenvalue weighted by atomic mass is 16.4. The molecule has 152 valence electrons. The summed E-state index contributed by atoms with van der Waals surface area (Å²) in [5, 5.41) is 9.24. The average molecular weight is 386 g/mol. The third kappa shape index (κ3) is 3.68. The third-order valence-corrected chi connectivity index (χ3v) is 6.61. The summed E-state index contributed by atoms with van der Waals surface area (Å²) in [6.45, 7) is 3.79. The van der Waals surface area contributed by atoms with E-state index < -0.39 is 6.09 Å². The van der Waals surface area contributed by atoms with E-state index in [4.69, 9.17) is 0 Å². The van der Waals surface area contributed by atoms with Gasteiger partial charge in [0.1, 0.15) is 0 Å². The number of piperidine rings is 2. The van der Waals surface area contributed by atoms with Gasteiger partial charge in [0.15, 0.2) is 0 Å². The van der Waals surface area contributed by atoms with Crippen LogP contribution in [0.15, 0.2) is 30.3 Å². The molecule has 0 unspecified atom stereocenters. The molecule has 0 radical (unpaired) electrons. The molecule has 3 aliphatic rings. The minimum Gasteiger partial charge on any atom is -0.465 e. The minimum atomic E-state index is -0.862. The van der Waals surface area contributed by atoms with Crippen LogP contribution in [0.25, 0.3) is 0 Å². The first kappa shape index (κ1) is 19.1. The van der Waals surface area contributed by atoms with E-state index in [9.17, 15) is 14.7 Å². The zero-order valence-electron chi connectivity index (χ0n) is 16.5. The maximum atomic E-state index is 13.5. The quantitative estimate of drug-likeness (QED) is 0.867. The van der Waals surface area contributed by atoms with Crippen LogP contribution in [0.3, 0.4) is 0 Å². The van der Waals surface area contributed by atoms with Crippen LogP contribution in [0, 0.1) is 0 Å².